The van der Waals surface area contributed by atoms with E-state index in [-0.39, 0.29) is 29.8 Å². The first-order valence-electron chi connectivity index (χ1n) is 11.9. The first-order valence-corrected chi connectivity index (χ1v) is 11.9. The maximum Gasteiger partial charge on any atom is 0.246 e. The van der Waals surface area contributed by atoms with Gasteiger partial charge in [-0.3, -0.25) is 14.4 Å². The lowest BCUT2D eigenvalue weighted by atomic mass is 9.70. The normalized spacial score (nSPS) is 39.7. The topological polar surface area (TPSA) is 87.7 Å². The van der Waals surface area contributed by atoms with Crippen LogP contribution in [0.25, 0.3) is 0 Å². The fraction of sp³-hybridized carbons (Fsp3) is 0.792. The fourth-order valence-electron chi connectivity index (χ4n) is 6.29. The van der Waals surface area contributed by atoms with Gasteiger partial charge in [-0.15, -0.1) is 0 Å². The molecule has 2 saturated carbocycles. The number of fused-ring (bicyclic) bond motifs is 1. The van der Waals surface area contributed by atoms with Crippen molar-refractivity contribution in [1.29, 1.82) is 0 Å². The summed E-state index contributed by atoms with van der Waals surface area (Å²) in [6, 6.07) is -0.503. The lowest BCUT2D eigenvalue weighted by molar-refractivity contribution is -0.146. The molecule has 170 valence electrons. The summed E-state index contributed by atoms with van der Waals surface area (Å²) in [7, 11) is 0. The van der Waals surface area contributed by atoms with E-state index in [1.165, 1.54) is 6.42 Å². The van der Waals surface area contributed by atoms with Gasteiger partial charge in [0.05, 0.1) is 17.4 Å². The third-order valence-electron chi connectivity index (χ3n) is 7.66. The summed E-state index contributed by atoms with van der Waals surface area (Å²) in [5.41, 5.74) is -2.36. The molecule has 1 spiro atoms. The SMILES string of the molecule is CC(C)(C)NC(=O)[C@@H]1N(C2CC2)C(=O)[C@H]2[C@@H](C(=O)NC3CCCCC3)[C@@]3(C)C=C[C@@]12O3. The van der Waals surface area contributed by atoms with Crippen LogP contribution < -0.4 is 10.6 Å². The lowest BCUT2D eigenvalue weighted by Gasteiger charge is -2.35. The monoisotopic (exact) mass is 429 g/mol. The van der Waals surface area contributed by atoms with Crippen molar-refractivity contribution in [3.05, 3.63) is 12.2 Å². The average Bonchev–Trinajstić information content (AvgIpc) is 3.34. The zero-order chi connectivity index (χ0) is 22.2. The third-order valence-corrected chi connectivity index (χ3v) is 7.66. The molecule has 0 unspecified atom stereocenters. The Labute approximate surface area is 184 Å². The van der Waals surface area contributed by atoms with Gasteiger partial charge in [0.2, 0.25) is 17.7 Å². The van der Waals surface area contributed by atoms with Gasteiger partial charge in [0, 0.05) is 17.6 Å². The van der Waals surface area contributed by atoms with E-state index in [2.05, 4.69) is 10.6 Å². The van der Waals surface area contributed by atoms with Crippen LogP contribution in [0.3, 0.4) is 0 Å². The van der Waals surface area contributed by atoms with Gasteiger partial charge >= 0.3 is 0 Å². The number of carbonyl (C=O) groups excluding carboxylic acids is 3. The number of carbonyl (C=O) groups is 3. The summed E-state index contributed by atoms with van der Waals surface area (Å²) in [4.78, 5) is 42.4. The van der Waals surface area contributed by atoms with Crippen molar-refractivity contribution in [3.63, 3.8) is 0 Å². The summed E-state index contributed by atoms with van der Waals surface area (Å²) in [6.07, 6.45) is 11.0. The van der Waals surface area contributed by atoms with Crippen molar-refractivity contribution in [2.24, 2.45) is 11.8 Å². The molecule has 0 aromatic carbocycles. The van der Waals surface area contributed by atoms with Crippen molar-refractivity contribution >= 4 is 17.7 Å². The third kappa shape index (κ3) is 3.22. The summed E-state index contributed by atoms with van der Waals surface area (Å²) < 4.78 is 6.53. The number of ether oxygens (including phenoxy) is 1. The van der Waals surface area contributed by atoms with Gasteiger partial charge in [-0.1, -0.05) is 31.4 Å². The molecule has 2 aliphatic carbocycles. The Hall–Kier alpha value is -1.89. The standard InChI is InChI=1S/C24H35N3O4/c1-22(2,3)26-20(29)18-24-13-12-23(4,31-24)16(17(24)21(30)27(18)15-10-11-15)19(28)25-14-8-6-5-7-9-14/h12-18H,5-11H2,1-4H3,(H,25,28)(H,26,29)/t16-,17+,18-,23+,24-/m0/s1. The van der Waals surface area contributed by atoms with Crippen molar-refractivity contribution < 1.29 is 19.1 Å². The van der Waals surface area contributed by atoms with Crippen LogP contribution in [0.2, 0.25) is 0 Å². The summed E-state index contributed by atoms with van der Waals surface area (Å²) in [6.45, 7) is 7.68. The summed E-state index contributed by atoms with van der Waals surface area (Å²) in [5.74, 6) is -1.67. The maximum atomic E-state index is 13.7. The molecule has 5 aliphatic rings. The molecule has 7 heteroatoms. The molecule has 4 fully saturated rings. The minimum Gasteiger partial charge on any atom is -0.356 e. The van der Waals surface area contributed by atoms with Gasteiger partial charge in [0.25, 0.3) is 0 Å². The molecule has 2 saturated heterocycles. The predicted octanol–water partition coefficient (Wildman–Crippen LogP) is 2.05. The minimum absolute atomic E-state index is 0.0640. The van der Waals surface area contributed by atoms with Gasteiger partial charge in [0.1, 0.15) is 11.6 Å². The average molecular weight is 430 g/mol. The van der Waals surface area contributed by atoms with E-state index in [1.807, 2.05) is 39.8 Å². The van der Waals surface area contributed by atoms with Crippen molar-refractivity contribution in [1.82, 2.24) is 15.5 Å². The number of rotatable bonds is 4. The van der Waals surface area contributed by atoms with Crippen LogP contribution in [0.1, 0.15) is 72.6 Å². The predicted molar refractivity (Wildman–Crippen MR) is 115 cm³/mol. The molecule has 2 bridgehead atoms. The molecule has 31 heavy (non-hydrogen) atoms. The zero-order valence-electron chi connectivity index (χ0n) is 19.1. The highest BCUT2D eigenvalue weighted by Gasteiger charge is 2.77. The first kappa shape index (κ1) is 21.0. The second kappa shape index (κ2) is 6.80. The van der Waals surface area contributed by atoms with E-state index in [0.717, 1.165) is 38.5 Å². The Balaban J connectivity index is 1.48. The molecular formula is C24H35N3O4. The molecule has 3 aliphatic heterocycles. The smallest absolute Gasteiger partial charge is 0.246 e. The van der Waals surface area contributed by atoms with E-state index in [9.17, 15) is 14.4 Å². The van der Waals surface area contributed by atoms with Crippen molar-refractivity contribution in [3.8, 4) is 0 Å². The first-order chi connectivity index (χ1) is 14.6. The van der Waals surface area contributed by atoms with Gasteiger partial charge < -0.3 is 20.3 Å². The maximum absolute atomic E-state index is 13.7. The largest absolute Gasteiger partial charge is 0.356 e. The van der Waals surface area contributed by atoms with E-state index >= 15 is 0 Å². The van der Waals surface area contributed by atoms with E-state index in [4.69, 9.17) is 4.74 Å². The molecule has 7 nitrogen and oxygen atoms in total. The fourth-order valence-corrected chi connectivity index (χ4v) is 6.29. The Bertz CT molecular complexity index is 838. The molecule has 5 atom stereocenters. The van der Waals surface area contributed by atoms with Crippen LogP contribution in [0.4, 0.5) is 0 Å². The van der Waals surface area contributed by atoms with Gasteiger partial charge in [-0.05, 0) is 53.4 Å². The molecule has 2 N–H and O–H groups in total. The number of nitrogens with one attached hydrogen (secondary N) is 2. The van der Waals surface area contributed by atoms with E-state index < -0.39 is 34.6 Å². The van der Waals surface area contributed by atoms with Gasteiger partial charge in [-0.2, -0.15) is 0 Å². The van der Waals surface area contributed by atoms with E-state index in [1.54, 1.807) is 4.90 Å². The highest BCUT2D eigenvalue weighted by Crippen LogP contribution is 2.61. The lowest BCUT2D eigenvalue weighted by Crippen LogP contribution is -2.58. The van der Waals surface area contributed by atoms with Crippen LogP contribution in [-0.4, -0.2) is 57.5 Å². The van der Waals surface area contributed by atoms with E-state index in [0.29, 0.717) is 0 Å². The summed E-state index contributed by atoms with van der Waals surface area (Å²) in [5, 5.41) is 6.28. The number of nitrogens with zero attached hydrogens (tertiary/aromatic N) is 1. The summed E-state index contributed by atoms with van der Waals surface area (Å²) >= 11 is 0. The van der Waals surface area contributed by atoms with Crippen LogP contribution in [0.5, 0.6) is 0 Å². The van der Waals surface area contributed by atoms with Crippen molar-refractivity contribution in [2.45, 2.75) is 108 Å². The molecule has 3 heterocycles. The molecular weight excluding hydrogens is 394 g/mol. The van der Waals surface area contributed by atoms with Crippen LogP contribution in [0.15, 0.2) is 12.2 Å². The second-order valence-electron chi connectivity index (χ2n) is 11.4. The second-order valence-corrected chi connectivity index (χ2v) is 11.4. The highest BCUT2D eigenvalue weighted by molar-refractivity contribution is 6.00. The van der Waals surface area contributed by atoms with Gasteiger partial charge in [-0.25, -0.2) is 0 Å². The van der Waals surface area contributed by atoms with Crippen LogP contribution in [-0.2, 0) is 19.1 Å². The molecule has 3 amide bonds. The van der Waals surface area contributed by atoms with Crippen LogP contribution in [0, 0.1) is 11.8 Å². The minimum atomic E-state index is -1.07. The number of hydrogen-bond donors (Lipinski definition) is 2. The molecule has 0 aromatic rings. The Morgan fingerprint density at radius 3 is 2.35 bits per heavy atom. The highest BCUT2D eigenvalue weighted by atomic mass is 16.5. The Kier molecular flexibility index (Phi) is 4.60. The molecule has 0 aromatic heterocycles. The Morgan fingerprint density at radius 1 is 1.06 bits per heavy atom. The van der Waals surface area contributed by atoms with Crippen LogP contribution >= 0.6 is 0 Å². The zero-order valence-corrected chi connectivity index (χ0v) is 19.1. The Morgan fingerprint density at radius 2 is 1.74 bits per heavy atom. The molecule has 5 rings (SSSR count). The number of amides is 3. The number of hydrogen-bond acceptors (Lipinski definition) is 4. The van der Waals surface area contributed by atoms with Gasteiger partial charge in [0.15, 0.2) is 0 Å². The number of likely N-dealkylation sites (tertiary alicyclic amines) is 1. The molecule has 0 radical (unpaired) electrons. The van der Waals surface area contributed by atoms with Crippen molar-refractivity contribution in [2.75, 3.05) is 0 Å². The quantitative estimate of drug-likeness (QED) is 0.670.